The summed E-state index contributed by atoms with van der Waals surface area (Å²) < 4.78 is 1.67. The van der Waals surface area contributed by atoms with Gasteiger partial charge in [0.15, 0.2) is 5.16 Å². The van der Waals surface area contributed by atoms with Crippen LogP contribution in [-0.2, 0) is 17.6 Å². The van der Waals surface area contributed by atoms with Crippen LogP contribution in [0.25, 0.3) is 15.9 Å². The molecule has 0 bridgehead atoms. The fourth-order valence-electron chi connectivity index (χ4n) is 3.78. The van der Waals surface area contributed by atoms with E-state index in [1.54, 1.807) is 15.9 Å². The fraction of sp³-hybridized carbons (Fsp3) is 0.381. The highest BCUT2D eigenvalue weighted by Gasteiger charge is 2.25. The number of hydrogen-bond donors (Lipinski definition) is 1. The summed E-state index contributed by atoms with van der Waals surface area (Å²) in [5.41, 5.74) is 9.36. The molecular formula is C21H23N3O2S2. The molecule has 4 rings (SSSR count). The molecule has 3 aromatic rings. The van der Waals surface area contributed by atoms with Crippen LogP contribution in [0.15, 0.2) is 28.2 Å². The normalized spacial score (nSPS) is 16.3. The molecule has 2 aromatic heterocycles. The van der Waals surface area contributed by atoms with Gasteiger partial charge in [0.1, 0.15) is 4.83 Å². The Hall–Kier alpha value is -2.12. The minimum atomic E-state index is -0.425. The van der Waals surface area contributed by atoms with Gasteiger partial charge in [-0.15, -0.1) is 11.3 Å². The number of benzene rings is 1. The van der Waals surface area contributed by atoms with Crippen LogP contribution in [0.4, 0.5) is 0 Å². The van der Waals surface area contributed by atoms with Crippen molar-refractivity contribution in [2.45, 2.75) is 45.2 Å². The molecule has 1 aliphatic carbocycles. The van der Waals surface area contributed by atoms with Crippen molar-refractivity contribution in [2.75, 3.05) is 5.75 Å². The van der Waals surface area contributed by atoms with Crippen molar-refractivity contribution in [3.8, 4) is 5.69 Å². The molecule has 0 fully saturated rings. The number of nitrogens with zero attached hydrogens (tertiary/aromatic N) is 2. The molecule has 0 saturated carbocycles. The number of carbonyl (C=O) groups is 1. The van der Waals surface area contributed by atoms with E-state index in [1.807, 2.05) is 32.0 Å². The van der Waals surface area contributed by atoms with Crippen molar-refractivity contribution in [3.63, 3.8) is 0 Å². The van der Waals surface area contributed by atoms with Crippen LogP contribution < -0.4 is 11.3 Å². The highest BCUT2D eigenvalue weighted by molar-refractivity contribution is 7.99. The van der Waals surface area contributed by atoms with Gasteiger partial charge in [-0.3, -0.25) is 14.2 Å². The van der Waals surface area contributed by atoms with Crippen LogP contribution in [-0.4, -0.2) is 21.2 Å². The Kier molecular flexibility index (Phi) is 5.05. The number of thiophene rings is 1. The highest BCUT2D eigenvalue weighted by Crippen LogP contribution is 2.37. The van der Waals surface area contributed by atoms with Crippen molar-refractivity contribution in [3.05, 3.63) is 50.1 Å². The molecule has 2 heterocycles. The van der Waals surface area contributed by atoms with Gasteiger partial charge < -0.3 is 5.73 Å². The SMILES string of the molecule is Cc1ccc(C)c(-n2c(SCC(N)=O)nc3sc4c(c3c2=O)CCC(C)C4)c1. The van der Waals surface area contributed by atoms with E-state index in [1.165, 1.54) is 22.2 Å². The van der Waals surface area contributed by atoms with E-state index in [0.717, 1.165) is 46.3 Å². The van der Waals surface area contributed by atoms with E-state index in [0.29, 0.717) is 11.1 Å². The van der Waals surface area contributed by atoms with Crippen molar-refractivity contribution in [2.24, 2.45) is 11.7 Å². The predicted octanol–water partition coefficient (Wildman–Crippen LogP) is 3.77. The minimum Gasteiger partial charge on any atom is -0.369 e. The average molecular weight is 414 g/mol. The summed E-state index contributed by atoms with van der Waals surface area (Å²) in [6, 6.07) is 6.04. The number of primary amides is 1. The van der Waals surface area contributed by atoms with E-state index in [2.05, 4.69) is 6.92 Å². The Bertz CT molecular complexity index is 1150. The summed E-state index contributed by atoms with van der Waals surface area (Å²) in [7, 11) is 0. The third-order valence-electron chi connectivity index (χ3n) is 5.25. The van der Waals surface area contributed by atoms with Gasteiger partial charge in [0.2, 0.25) is 5.91 Å². The zero-order valence-electron chi connectivity index (χ0n) is 16.2. The first-order valence-corrected chi connectivity index (χ1v) is 11.2. The van der Waals surface area contributed by atoms with Crippen LogP contribution in [0.5, 0.6) is 0 Å². The minimum absolute atomic E-state index is 0.0438. The molecule has 1 aromatic carbocycles. The molecular weight excluding hydrogens is 390 g/mol. The van der Waals surface area contributed by atoms with Crippen LogP contribution in [0.1, 0.15) is 34.9 Å². The van der Waals surface area contributed by atoms with Gasteiger partial charge in [-0.25, -0.2) is 4.98 Å². The summed E-state index contributed by atoms with van der Waals surface area (Å²) in [6.45, 7) is 6.24. The molecule has 1 atom stereocenters. The number of carbonyl (C=O) groups excluding carboxylic acids is 1. The van der Waals surface area contributed by atoms with Crippen molar-refractivity contribution in [1.82, 2.24) is 9.55 Å². The maximum absolute atomic E-state index is 13.7. The quantitative estimate of drug-likeness (QED) is 0.522. The Morgan fingerprint density at radius 1 is 1.39 bits per heavy atom. The van der Waals surface area contributed by atoms with E-state index >= 15 is 0 Å². The summed E-state index contributed by atoms with van der Waals surface area (Å²) in [6.07, 6.45) is 3.02. The van der Waals surface area contributed by atoms with E-state index in [-0.39, 0.29) is 11.3 Å². The Balaban J connectivity index is 2.01. The molecule has 0 spiro atoms. The smallest absolute Gasteiger partial charge is 0.267 e. The first kappa shape index (κ1) is 19.2. The number of rotatable bonds is 4. The number of thioether (sulfide) groups is 1. The zero-order valence-corrected chi connectivity index (χ0v) is 17.9. The number of fused-ring (bicyclic) bond motifs is 3. The summed E-state index contributed by atoms with van der Waals surface area (Å²) >= 11 is 2.85. The van der Waals surface area contributed by atoms with Crippen molar-refractivity contribution >= 4 is 39.2 Å². The van der Waals surface area contributed by atoms with Gasteiger partial charge in [0.05, 0.1) is 16.8 Å². The van der Waals surface area contributed by atoms with Gasteiger partial charge in [-0.2, -0.15) is 0 Å². The Labute approximate surface area is 172 Å². The first-order chi connectivity index (χ1) is 13.3. The van der Waals surface area contributed by atoms with Gasteiger partial charge in [0, 0.05) is 4.88 Å². The van der Waals surface area contributed by atoms with E-state index in [4.69, 9.17) is 10.7 Å². The highest BCUT2D eigenvalue weighted by atomic mass is 32.2. The monoisotopic (exact) mass is 413 g/mol. The van der Waals surface area contributed by atoms with Crippen LogP contribution in [0.3, 0.4) is 0 Å². The summed E-state index contributed by atoms with van der Waals surface area (Å²) in [5.74, 6) is 0.293. The molecule has 1 unspecified atom stereocenters. The zero-order chi connectivity index (χ0) is 20.0. The predicted molar refractivity (Wildman–Crippen MR) is 116 cm³/mol. The van der Waals surface area contributed by atoms with Gasteiger partial charge in [-0.1, -0.05) is 30.8 Å². The molecule has 5 nitrogen and oxygen atoms in total. The molecule has 0 radical (unpaired) electrons. The van der Waals surface area contributed by atoms with E-state index < -0.39 is 5.91 Å². The molecule has 0 aliphatic heterocycles. The lowest BCUT2D eigenvalue weighted by Gasteiger charge is -2.18. The van der Waals surface area contributed by atoms with Crippen LogP contribution in [0, 0.1) is 19.8 Å². The molecule has 146 valence electrons. The third kappa shape index (κ3) is 3.37. The third-order valence-corrected chi connectivity index (χ3v) is 7.36. The topological polar surface area (TPSA) is 78.0 Å². The molecule has 28 heavy (non-hydrogen) atoms. The maximum atomic E-state index is 13.7. The number of aromatic nitrogens is 2. The second kappa shape index (κ2) is 7.37. The van der Waals surface area contributed by atoms with Crippen LogP contribution in [0.2, 0.25) is 0 Å². The van der Waals surface area contributed by atoms with Gasteiger partial charge in [-0.05, 0) is 61.8 Å². The second-order valence-corrected chi connectivity index (χ2v) is 9.64. The van der Waals surface area contributed by atoms with Crippen LogP contribution >= 0.6 is 23.1 Å². The number of hydrogen-bond acceptors (Lipinski definition) is 5. The molecule has 7 heteroatoms. The lowest BCUT2D eigenvalue weighted by molar-refractivity contribution is -0.115. The molecule has 1 amide bonds. The van der Waals surface area contributed by atoms with Gasteiger partial charge in [0.25, 0.3) is 5.56 Å². The fourth-order valence-corrected chi connectivity index (χ4v) is 5.95. The number of nitrogens with two attached hydrogens (primary N) is 1. The van der Waals surface area contributed by atoms with Gasteiger partial charge >= 0.3 is 0 Å². The summed E-state index contributed by atoms with van der Waals surface area (Å²) in [4.78, 5) is 31.9. The largest absolute Gasteiger partial charge is 0.369 e. The second-order valence-electron chi connectivity index (χ2n) is 7.61. The average Bonchev–Trinajstić information content (AvgIpc) is 2.99. The first-order valence-electron chi connectivity index (χ1n) is 9.41. The summed E-state index contributed by atoms with van der Waals surface area (Å²) in [5, 5.41) is 1.27. The lowest BCUT2D eigenvalue weighted by Crippen LogP contribution is -2.24. The van der Waals surface area contributed by atoms with E-state index in [9.17, 15) is 9.59 Å². The maximum Gasteiger partial charge on any atom is 0.267 e. The number of aryl methyl sites for hydroxylation is 3. The number of amides is 1. The molecule has 0 saturated heterocycles. The van der Waals surface area contributed by atoms with Crippen molar-refractivity contribution in [1.29, 1.82) is 0 Å². The lowest BCUT2D eigenvalue weighted by atomic mass is 9.89. The molecule has 1 aliphatic rings. The standard InChI is InChI=1S/C21H23N3O2S2/c1-11-4-6-13(3)15(8-11)24-20(26)18-14-7-5-12(2)9-16(14)28-19(18)23-21(24)27-10-17(22)25/h4,6,8,12H,5,7,9-10H2,1-3H3,(H2,22,25). The molecule has 2 N–H and O–H groups in total. The Morgan fingerprint density at radius 3 is 2.93 bits per heavy atom. The van der Waals surface area contributed by atoms with Crippen molar-refractivity contribution < 1.29 is 4.79 Å². The Morgan fingerprint density at radius 2 is 2.18 bits per heavy atom.